The van der Waals surface area contributed by atoms with Gasteiger partial charge in [-0.2, -0.15) is 0 Å². The Labute approximate surface area is 159 Å². The van der Waals surface area contributed by atoms with Crippen molar-refractivity contribution in [2.75, 3.05) is 11.9 Å². The molecule has 4 rings (SSSR count). The van der Waals surface area contributed by atoms with Crippen LogP contribution in [-0.4, -0.2) is 12.7 Å². The molecule has 1 aliphatic carbocycles. The fourth-order valence-electron chi connectivity index (χ4n) is 3.61. The molecule has 3 aromatic carbocycles. The van der Waals surface area contributed by atoms with Crippen molar-refractivity contribution in [1.82, 2.24) is 0 Å². The Morgan fingerprint density at radius 3 is 2.30 bits per heavy atom. The summed E-state index contributed by atoms with van der Waals surface area (Å²) in [5, 5.41) is 2.76. The van der Waals surface area contributed by atoms with Crippen LogP contribution in [-0.2, 0) is 4.74 Å². The van der Waals surface area contributed by atoms with Gasteiger partial charge in [0.15, 0.2) is 0 Å². The van der Waals surface area contributed by atoms with Crippen LogP contribution in [0, 0.1) is 19.3 Å². The first-order valence-corrected chi connectivity index (χ1v) is 8.86. The van der Waals surface area contributed by atoms with Gasteiger partial charge in [0.1, 0.15) is 6.61 Å². The van der Waals surface area contributed by atoms with Gasteiger partial charge in [-0.25, -0.2) is 4.79 Å². The van der Waals surface area contributed by atoms with Crippen molar-refractivity contribution in [2.24, 2.45) is 0 Å². The first-order chi connectivity index (χ1) is 13.2. The molecule has 27 heavy (non-hydrogen) atoms. The Kier molecular flexibility index (Phi) is 4.40. The number of benzene rings is 3. The highest BCUT2D eigenvalue weighted by atomic mass is 16.5. The van der Waals surface area contributed by atoms with Gasteiger partial charge in [0.2, 0.25) is 0 Å². The van der Waals surface area contributed by atoms with Gasteiger partial charge in [-0.05, 0) is 46.9 Å². The molecule has 0 aliphatic heterocycles. The molecular formula is C24H19NO2. The number of carbonyl (C=O) groups is 1. The van der Waals surface area contributed by atoms with Crippen LogP contribution in [0.5, 0.6) is 0 Å². The fourth-order valence-corrected chi connectivity index (χ4v) is 3.61. The van der Waals surface area contributed by atoms with Gasteiger partial charge < -0.3 is 4.74 Å². The van der Waals surface area contributed by atoms with E-state index in [9.17, 15) is 4.79 Å². The molecule has 3 aromatic rings. The quantitative estimate of drug-likeness (QED) is 0.646. The molecule has 0 radical (unpaired) electrons. The van der Waals surface area contributed by atoms with Crippen molar-refractivity contribution in [2.45, 2.75) is 12.8 Å². The van der Waals surface area contributed by atoms with E-state index in [4.69, 9.17) is 11.2 Å². The van der Waals surface area contributed by atoms with E-state index in [1.54, 1.807) is 6.07 Å². The first kappa shape index (κ1) is 16.9. The molecule has 0 spiro atoms. The maximum Gasteiger partial charge on any atom is 0.411 e. The minimum Gasteiger partial charge on any atom is -0.448 e. The predicted molar refractivity (Wildman–Crippen MR) is 108 cm³/mol. The molecule has 0 saturated carbocycles. The minimum atomic E-state index is -0.483. The van der Waals surface area contributed by atoms with E-state index in [0.717, 1.165) is 11.1 Å². The average molecular weight is 353 g/mol. The Morgan fingerprint density at radius 1 is 1.04 bits per heavy atom. The summed E-state index contributed by atoms with van der Waals surface area (Å²) in [6.07, 6.45) is 5.01. The van der Waals surface area contributed by atoms with Gasteiger partial charge in [-0.3, -0.25) is 5.32 Å². The monoisotopic (exact) mass is 353 g/mol. The lowest BCUT2D eigenvalue weighted by Gasteiger charge is -2.15. The number of anilines is 1. The summed E-state index contributed by atoms with van der Waals surface area (Å²) in [4.78, 5) is 12.3. The molecule has 3 heteroatoms. The maximum absolute atomic E-state index is 12.3. The highest BCUT2D eigenvalue weighted by Gasteiger charge is 2.28. The van der Waals surface area contributed by atoms with E-state index in [2.05, 4.69) is 35.5 Å². The Hall–Kier alpha value is -3.51. The zero-order valence-corrected chi connectivity index (χ0v) is 15.0. The molecule has 1 N–H and O–H groups in total. The third-order valence-corrected chi connectivity index (χ3v) is 4.98. The van der Waals surface area contributed by atoms with Crippen molar-refractivity contribution in [3.05, 3.63) is 89.0 Å². The molecule has 0 heterocycles. The summed E-state index contributed by atoms with van der Waals surface area (Å²) in [7, 11) is 0. The van der Waals surface area contributed by atoms with Gasteiger partial charge in [0, 0.05) is 17.2 Å². The molecular weight excluding hydrogens is 334 g/mol. The number of ether oxygens (including phenoxy) is 1. The number of fused-ring (bicyclic) bond motifs is 3. The number of terminal acetylenes is 1. The number of carbonyl (C=O) groups excluding carboxylic acids is 1. The van der Waals surface area contributed by atoms with Crippen LogP contribution in [0.1, 0.15) is 28.2 Å². The average Bonchev–Trinajstić information content (AvgIpc) is 3.02. The summed E-state index contributed by atoms with van der Waals surface area (Å²) in [5.41, 5.74) is 7.18. The largest absolute Gasteiger partial charge is 0.448 e. The van der Waals surface area contributed by atoms with E-state index < -0.39 is 6.09 Å². The number of amides is 1. The van der Waals surface area contributed by atoms with Gasteiger partial charge in [0.25, 0.3) is 0 Å². The van der Waals surface area contributed by atoms with Crippen LogP contribution in [0.4, 0.5) is 10.5 Å². The van der Waals surface area contributed by atoms with Crippen LogP contribution in [0.15, 0.2) is 66.7 Å². The highest BCUT2D eigenvalue weighted by Crippen LogP contribution is 2.44. The second-order valence-corrected chi connectivity index (χ2v) is 6.62. The smallest absolute Gasteiger partial charge is 0.411 e. The lowest BCUT2D eigenvalue weighted by Crippen LogP contribution is -2.18. The maximum atomic E-state index is 12.3. The summed E-state index contributed by atoms with van der Waals surface area (Å²) in [6, 6.07) is 22.0. The highest BCUT2D eigenvalue weighted by molar-refractivity contribution is 5.85. The number of hydrogen-bond donors (Lipinski definition) is 1. The molecule has 0 fully saturated rings. The number of aryl methyl sites for hydroxylation is 1. The minimum absolute atomic E-state index is 0.0439. The summed E-state index contributed by atoms with van der Waals surface area (Å²) >= 11 is 0. The molecule has 1 aliphatic rings. The van der Waals surface area contributed by atoms with Crippen molar-refractivity contribution < 1.29 is 9.53 Å². The molecule has 1 amide bonds. The van der Waals surface area contributed by atoms with Crippen LogP contribution in [0.2, 0.25) is 0 Å². The first-order valence-electron chi connectivity index (χ1n) is 8.86. The molecule has 3 nitrogen and oxygen atoms in total. The van der Waals surface area contributed by atoms with Crippen molar-refractivity contribution >= 4 is 11.8 Å². The van der Waals surface area contributed by atoms with Crippen molar-refractivity contribution in [3.8, 4) is 23.5 Å². The fraction of sp³-hybridized carbons (Fsp3) is 0.125. The molecule has 132 valence electrons. The van der Waals surface area contributed by atoms with Gasteiger partial charge in [0.05, 0.1) is 0 Å². The van der Waals surface area contributed by atoms with Gasteiger partial charge in [-0.1, -0.05) is 60.5 Å². The molecule has 0 aromatic heterocycles. The topological polar surface area (TPSA) is 38.3 Å². The lowest BCUT2D eigenvalue weighted by molar-refractivity contribution is 0.158. The Morgan fingerprint density at radius 2 is 1.67 bits per heavy atom. The molecule has 0 atom stereocenters. The zero-order chi connectivity index (χ0) is 18.8. The predicted octanol–water partition coefficient (Wildman–Crippen LogP) is 5.34. The molecule has 0 saturated heterocycles. The number of nitrogens with one attached hydrogen (secondary N) is 1. The van der Waals surface area contributed by atoms with Crippen LogP contribution in [0.25, 0.3) is 11.1 Å². The molecule has 0 unspecified atom stereocenters. The third kappa shape index (κ3) is 3.18. The standard InChI is InChI=1S/C24H19NO2/c1-3-17-14-18(13-12-16(17)2)25-24(26)27-15-23-21-10-6-4-8-19(21)20-9-5-7-11-22(20)23/h1,4-14,23H,15H2,2H3,(H,25,26). The normalized spacial score (nSPS) is 12.0. The summed E-state index contributed by atoms with van der Waals surface area (Å²) in [6.45, 7) is 2.22. The second kappa shape index (κ2) is 7.01. The van der Waals surface area contributed by atoms with Gasteiger partial charge in [-0.15, -0.1) is 6.42 Å². The van der Waals surface area contributed by atoms with E-state index in [1.807, 2.05) is 43.3 Å². The van der Waals surface area contributed by atoms with Crippen molar-refractivity contribution in [3.63, 3.8) is 0 Å². The van der Waals surface area contributed by atoms with E-state index in [-0.39, 0.29) is 12.5 Å². The van der Waals surface area contributed by atoms with E-state index in [0.29, 0.717) is 5.69 Å². The Bertz CT molecular complexity index is 1020. The summed E-state index contributed by atoms with van der Waals surface area (Å²) in [5.74, 6) is 2.66. The van der Waals surface area contributed by atoms with E-state index in [1.165, 1.54) is 22.3 Å². The van der Waals surface area contributed by atoms with Crippen molar-refractivity contribution in [1.29, 1.82) is 0 Å². The SMILES string of the molecule is C#Cc1cc(NC(=O)OCC2c3ccccc3-c3ccccc32)ccc1C. The Balaban J connectivity index is 1.49. The van der Waals surface area contributed by atoms with Crippen LogP contribution < -0.4 is 5.32 Å². The molecule has 0 bridgehead atoms. The van der Waals surface area contributed by atoms with E-state index >= 15 is 0 Å². The lowest BCUT2D eigenvalue weighted by atomic mass is 9.98. The number of hydrogen-bond acceptors (Lipinski definition) is 2. The van der Waals surface area contributed by atoms with Gasteiger partial charge >= 0.3 is 6.09 Å². The second-order valence-electron chi connectivity index (χ2n) is 6.62. The van der Waals surface area contributed by atoms with Crippen LogP contribution >= 0.6 is 0 Å². The zero-order valence-electron chi connectivity index (χ0n) is 15.0. The summed E-state index contributed by atoms with van der Waals surface area (Å²) < 4.78 is 5.55. The number of rotatable bonds is 3. The third-order valence-electron chi connectivity index (χ3n) is 4.98. The van der Waals surface area contributed by atoms with Crippen LogP contribution in [0.3, 0.4) is 0 Å².